The first-order valence-corrected chi connectivity index (χ1v) is 4.86. The third kappa shape index (κ3) is 1.54. The van der Waals surface area contributed by atoms with Gasteiger partial charge in [-0.3, -0.25) is 0 Å². The van der Waals surface area contributed by atoms with Crippen molar-refractivity contribution in [3.8, 4) is 0 Å². The molecule has 0 aliphatic carbocycles. The first-order valence-electron chi connectivity index (χ1n) is 4.86. The molecule has 2 nitrogen and oxygen atoms in total. The lowest BCUT2D eigenvalue weighted by molar-refractivity contribution is 0.633. The zero-order valence-electron chi connectivity index (χ0n) is 8.30. The van der Waals surface area contributed by atoms with Gasteiger partial charge in [-0.25, -0.2) is 5.43 Å². The van der Waals surface area contributed by atoms with Crippen LogP contribution in [0.4, 0.5) is 5.69 Å². The minimum atomic E-state index is 1.12. The topological polar surface area (TPSA) is 15.3 Å². The van der Waals surface area contributed by atoms with Crippen molar-refractivity contribution in [1.82, 2.24) is 5.43 Å². The van der Waals surface area contributed by atoms with Gasteiger partial charge in [-0.2, -0.15) is 0 Å². The molecule has 2 heteroatoms. The molecule has 0 amide bonds. The Labute approximate surface area is 79.5 Å². The second kappa shape index (κ2) is 3.38. The fourth-order valence-electron chi connectivity index (χ4n) is 1.92. The van der Waals surface area contributed by atoms with Crippen molar-refractivity contribution in [2.45, 2.75) is 19.8 Å². The highest BCUT2D eigenvalue weighted by Gasteiger charge is 2.14. The van der Waals surface area contributed by atoms with Gasteiger partial charge in [0.15, 0.2) is 0 Å². The van der Waals surface area contributed by atoms with E-state index in [4.69, 9.17) is 0 Å². The van der Waals surface area contributed by atoms with Gasteiger partial charge in [0.25, 0.3) is 0 Å². The van der Waals surface area contributed by atoms with Crippen LogP contribution in [0, 0.1) is 6.92 Å². The average Bonchev–Trinajstić information content (AvgIpc) is 2.17. The minimum absolute atomic E-state index is 1.12. The smallest absolute Gasteiger partial charge is 0.0554 e. The molecule has 0 atom stereocenters. The average molecular weight is 176 g/mol. The predicted molar refractivity (Wildman–Crippen MR) is 55.9 cm³/mol. The van der Waals surface area contributed by atoms with Crippen molar-refractivity contribution >= 4 is 5.69 Å². The van der Waals surface area contributed by atoms with Gasteiger partial charge >= 0.3 is 0 Å². The van der Waals surface area contributed by atoms with Crippen LogP contribution >= 0.6 is 0 Å². The summed E-state index contributed by atoms with van der Waals surface area (Å²) in [7, 11) is 1.98. The summed E-state index contributed by atoms with van der Waals surface area (Å²) >= 11 is 0. The number of aryl methyl sites for hydroxylation is 2. The van der Waals surface area contributed by atoms with Crippen LogP contribution in [0.1, 0.15) is 17.5 Å². The van der Waals surface area contributed by atoms with Gasteiger partial charge in [-0.1, -0.05) is 12.1 Å². The first-order chi connectivity index (χ1) is 6.31. The normalized spacial score (nSPS) is 15.7. The number of hydrogen-bond acceptors (Lipinski definition) is 2. The Bertz CT molecular complexity index is 307. The van der Waals surface area contributed by atoms with E-state index < -0.39 is 0 Å². The summed E-state index contributed by atoms with van der Waals surface area (Å²) in [5.41, 5.74) is 7.37. The highest BCUT2D eigenvalue weighted by atomic mass is 15.5. The molecular formula is C11H16N2. The Morgan fingerprint density at radius 2 is 2.23 bits per heavy atom. The maximum Gasteiger partial charge on any atom is 0.0554 e. The lowest BCUT2D eigenvalue weighted by atomic mass is 10.0. The largest absolute Gasteiger partial charge is 0.308 e. The highest BCUT2D eigenvalue weighted by Crippen LogP contribution is 2.26. The molecule has 70 valence electrons. The number of fused-ring (bicyclic) bond motifs is 1. The van der Waals surface area contributed by atoms with Gasteiger partial charge in [-0.15, -0.1) is 0 Å². The first kappa shape index (κ1) is 8.57. The van der Waals surface area contributed by atoms with Gasteiger partial charge in [0.05, 0.1) is 5.69 Å². The predicted octanol–water partition coefficient (Wildman–Crippen LogP) is 1.88. The molecule has 2 rings (SSSR count). The molecule has 0 unspecified atom stereocenters. The molecule has 0 bridgehead atoms. The van der Waals surface area contributed by atoms with Crippen LogP contribution in [-0.2, 0) is 6.42 Å². The fourth-order valence-corrected chi connectivity index (χ4v) is 1.92. The third-order valence-electron chi connectivity index (χ3n) is 2.63. The summed E-state index contributed by atoms with van der Waals surface area (Å²) in [6.45, 7) is 3.26. The number of hydrogen-bond donors (Lipinski definition) is 1. The second-order valence-corrected chi connectivity index (χ2v) is 3.61. The van der Waals surface area contributed by atoms with E-state index in [9.17, 15) is 0 Å². The number of hydrazine groups is 1. The lowest BCUT2D eigenvalue weighted by Crippen LogP contribution is -2.39. The van der Waals surface area contributed by atoms with E-state index in [0.29, 0.717) is 0 Å². The van der Waals surface area contributed by atoms with E-state index in [1.165, 1.54) is 29.7 Å². The van der Waals surface area contributed by atoms with Crippen LogP contribution in [0.2, 0.25) is 0 Å². The molecule has 0 saturated carbocycles. The van der Waals surface area contributed by atoms with Crippen molar-refractivity contribution in [3.63, 3.8) is 0 Å². The molecular weight excluding hydrogens is 160 g/mol. The van der Waals surface area contributed by atoms with Gasteiger partial charge in [0, 0.05) is 13.6 Å². The number of rotatable bonds is 1. The fraction of sp³-hybridized carbons (Fsp3) is 0.455. The Balaban J connectivity index is 2.41. The Kier molecular flexibility index (Phi) is 2.23. The maximum absolute atomic E-state index is 3.22. The Hall–Kier alpha value is -1.02. The maximum atomic E-state index is 3.22. The molecule has 1 N–H and O–H groups in total. The van der Waals surface area contributed by atoms with Crippen molar-refractivity contribution in [1.29, 1.82) is 0 Å². The van der Waals surface area contributed by atoms with Gasteiger partial charge < -0.3 is 5.01 Å². The van der Waals surface area contributed by atoms with Crippen molar-refractivity contribution in [2.24, 2.45) is 0 Å². The molecule has 1 aromatic rings. The SMILES string of the molecule is CNN1CCCc2ccc(C)cc21. The monoisotopic (exact) mass is 176 g/mol. The van der Waals surface area contributed by atoms with E-state index in [1.807, 2.05) is 7.05 Å². The van der Waals surface area contributed by atoms with Crippen molar-refractivity contribution < 1.29 is 0 Å². The van der Waals surface area contributed by atoms with Gasteiger partial charge in [0.1, 0.15) is 0 Å². The standard InChI is InChI=1S/C11H16N2/c1-9-5-6-10-4-3-7-13(12-2)11(10)8-9/h5-6,8,12H,3-4,7H2,1-2H3. The second-order valence-electron chi connectivity index (χ2n) is 3.61. The van der Waals surface area contributed by atoms with Gasteiger partial charge in [0.2, 0.25) is 0 Å². The third-order valence-corrected chi connectivity index (χ3v) is 2.63. The Morgan fingerprint density at radius 3 is 3.00 bits per heavy atom. The van der Waals surface area contributed by atoms with Crippen LogP contribution in [0.25, 0.3) is 0 Å². The summed E-state index contributed by atoms with van der Waals surface area (Å²) < 4.78 is 0. The molecule has 0 radical (unpaired) electrons. The molecule has 1 aliphatic rings. The molecule has 1 heterocycles. The number of anilines is 1. The summed E-state index contributed by atoms with van der Waals surface area (Å²) in [5, 5.41) is 2.23. The van der Waals surface area contributed by atoms with Crippen LogP contribution in [0.5, 0.6) is 0 Å². The van der Waals surface area contributed by atoms with Crippen LogP contribution in [-0.4, -0.2) is 13.6 Å². The highest BCUT2D eigenvalue weighted by molar-refractivity contribution is 5.56. The minimum Gasteiger partial charge on any atom is -0.308 e. The number of nitrogens with zero attached hydrogens (tertiary/aromatic N) is 1. The van der Waals surface area contributed by atoms with E-state index in [2.05, 4.69) is 35.6 Å². The van der Waals surface area contributed by atoms with Crippen LogP contribution in [0.3, 0.4) is 0 Å². The number of nitrogens with one attached hydrogen (secondary N) is 1. The number of benzene rings is 1. The van der Waals surface area contributed by atoms with E-state index in [1.54, 1.807) is 0 Å². The molecule has 13 heavy (non-hydrogen) atoms. The van der Waals surface area contributed by atoms with E-state index >= 15 is 0 Å². The summed E-state index contributed by atoms with van der Waals surface area (Å²) in [4.78, 5) is 0. The van der Waals surface area contributed by atoms with E-state index in [0.717, 1.165) is 6.54 Å². The summed E-state index contributed by atoms with van der Waals surface area (Å²) in [6, 6.07) is 6.69. The van der Waals surface area contributed by atoms with Crippen molar-refractivity contribution in [2.75, 3.05) is 18.6 Å². The zero-order valence-corrected chi connectivity index (χ0v) is 8.30. The van der Waals surface area contributed by atoms with Gasteiger partial charge in [-0.05, 0) is 37.0 Å². The molecule has 0 aromatic heterocycles. The Morgan fingerprint density at radius 1 is 1.38 bits per heavy atom. The molecule has 1 aromatic carbocycles. The molecule has 1 aliphatic heterocycles. The van der Waals surface area contributed by atoms with E-state index in [-0.39, 0.29) is 0 Å². The summed E-state index contributed by atoms with van der Waals surface area (Å²) in [5.74, 6) is 0. The van der Waals surface area contributed by atoms with Crippen LogP contribution in [0.15, 0.2) is 18.2 Å². The molecule has 0 fully saturated rings. The lowest BCUT2D eigenvalue weighted by Gasteiger charge is -2.30. The van der Waals surface area contributed by atoms with Crippen LogP contribution < -0.4 is 10.4 Å². The van der Waals surface area contributed by atoms with Crippen molar-refractivity contribution in [3.05, 3.63) is 29.3 Å². The molecule has 0 spiro atoms. The summed E-state index contributed by atoms with van der Waals surface area (Å²) in [6.07, 6.45) is 2.46. The zero-order chi connectivity index (χ0) is 9.26. The quantitative estimate of drug-likeness (QED) is 0.703. The molecule has 0 saturated heterocycles.